The number of Topliss-reactive ketones (excluding diaryl/α,β-unsaturated/α-hetero) is 1. The van der Waals surface area contributed by atoms with Gasteiger partial charge in [0.05, 0.1) is 11.6 Å². The molecule has 0 aromatic carbocycles. The van der Waals surface area contributed by atoms with Gasteiger partial charge in [0.15, 0.2) is 0 Å². The molecule has 0 aromatic rings. The SMILES string of the molecule is CN1CCN(CC2(NC(=O)NC(C(=O)N3C[C@]4(C[C@H]3C(=O)NC(CC3CCC3)C(=O)C(N)=O)C(C)(C)C43CCC3)C(C)(C)C)CCCCC2)CC12CC2. The number of carbonyl (C=O) groups is 5. The van der Waals surface area contributed by atoms with Crippen LogP contribution in [-0.2, 0) is 19.2 Å². The van der Waals surface area contributed by atoms with Crippen LogP contribution in [0.2, 0.25) is 0 Å². The third-order valence-electron chi connectivity index (χ3n) is 16.1. The summed E-state index contributed by atoms with van der Waals surface area (Å²) in [5.41, 5.74) is 4.51. The highest BCUT2D eigenvalue weighted by atomic mass is 16.2. The maximum atomic E-state index is 15.0. The van der Waals surface area contributed by atoms with E-state index in [-0.39, 0.29) is 45.2 Å². The minimum Gasteiger partial charge on any atom is -0.363 e. The second-order valence-corrected chi connectivity index (χ2v) is 20.2. The summed E-state index contributed by atoms with van der Waals surface area (Å²) >= 11 is 0. The van der Waals surface area contributed by atoms with E-state index in [0.717, 1.165) is 96.8 Å². The number of nitrogens with one attached hydrogen (secondary N) is 3. The Kier molecular flexibility index (Phi) is 9.81. The van der Waals surface area contributed by atoms with Crippen LogP contribution in [0.1, 0.15) is 131 Å². The van der Waals surface area contributed by atoms with Gasteiger partial charge in [-0.05, 0) is 80.6 Å². The first-order chi connectivity index (χ1) is 24.9. The zero-order valence-corrected chi connectivity index (χ0v) is 33.4. The third kappa shape index (κ3) is 6.59. The molecule has 5 amide bonds. The van der Waals surface area contributed by atoms with Gasteiger partial charge in [0.2, 0.25) is 17.6 Å². The van der Waals surface area contributed by atoms with Crippen molar-refractivity contribution in [3.05, 3.63) is 0 Å². The number of fused-ring (bicyclic) bond motifs is 1. The average molecular weight is 738 g/mol. The summed E-state index contributed by atoms with van der Waals surface area (Å²) in [4.78, 5) is 75.4. The topological polar surface area (TPSA) is 157 Å². The Bertz CT molecular complexity index is 1490. The van der Waals surface area contributed by atoms with Crippen molar-refractivity contribution >= 4 is 29.5 Å². The fraction of sp³-hybridized carbons (Fsp3) is 0.878. The van der Waals surface area contributed by atoms with Gasteiger partial charge in [-0.3, -0.25) is 29.0 Å². The molecule has 2 heterocycles. The van der Waals surface area contributed by atoms with E-state index in [4.69, 9.17) is 5.73 Å². The fourth-order valence-corrected chi connectivity index (χ4v) is 12.0. The summed E-state index contributed by atoms with van der Waals surface area (Å²) in [6.07, 6.45) is 14.7. The molecule has 5 saturated carbocycles. The molecule has 7 rings (SSSR count). The Hall–Kier alpha value is -2.73. The van der Waals surface area contributed by atoms with E-state index in [0.29, 0.717) is 19.4 Å². The van der Waals surface area contributed by atoms with Crippen LogP contribution in [0.25, 0.3) is 0 Å². The van der Waals surface area contributed by atoms with E-state index in [1.807, 2.05) is 20.8 Å². The van der Waals surface area contributed by atoms with Gasteiger partial charge in [0.25, 0.3) is 5.91 Å². The molecule has 2 aliphatic heterocycles. The van der Waals surface area contributed by atoms with E-state index in [1.54, 1.807) is 4.90 Å². The van der Waals surface area contributed by atoms with Gasteiger partial charge in [-0.25, -0.2) is 4.79 Å². The second kappa shape index (κ2) is 13.5. The van der Waals surface area contributed by atoms with Gasteiger partial charge in [-0.1, -0.05) is 79.6 Å². The molecule has 12 heteroatoms. The van der Waals surface area contributed by atoms with Crippen molar-refractivity contribution in [2.45, 2.75) is 160 Å². The maximum absolute atomic E-state index is 15.0. The quantitative estimate of drug-likeness (QED) is 0.236. The predicted octanol–water partition coefficient (Wildman–Crippen LogP) is 3.71. The molecule has 2 saturated heterocycles. The number of hydrogen-bond donors (Lipinski definition) is 4. The molecule has 0 aromatic heterocycles. The molecule has 5 N–H and O–H groups in total. The van der Waals surface area contributed by atoms with E-state index >= 15 is 0 Å². The molecule has 7 fully saturated rings. The number of ketones is 1. The number of urea groups is 1. The Morgan fingerprint density at radius 3 is 2.04 bits per heavy atom. The lowest BCUT2D eigenvalue weighted by Gasteiger charge is -2.47. The number of piperazine rings is 1. The van der Waals surface area contributed by atoms with Crippen LogP contribution in [-0.4, -0.2) is 113 Å². The average Bonchev–Trinajstić information content (AvgIpc) is 3.82. The second-order valence-electron chi connectivity index (χ2n) is 20.2. The summed E-state index contributed by atoms with van der Waals surface area (Å²) in [6, 6.07) is -3.05. The Morgan fingerprint density at radius 2 is 1.51 bits per heavy atom. The van der Waals surface area contributed by atoms with Crippen LogP contribution in [0.15, 0.2) is 0 Å². The molecule has 53 heavy (non-hydrogen) atoms. The highest BCUT2D eigenvalue weighted by Gasteiger charge is 2.85. The van der Waals surface area contributed by atoms with Crippen LogP contribution in [0.3, 0.4) is 0 Å². The Labute approximate surface area is 316 Å². The molecule has 0 bridgehead atoms. The zero-order chi connectivity index (χ0) is 38.2. The minimum absolute atomic E-state index is 0.0577. The van der Waals surface area contributed by atoms with Gasteiger partial charge < -0.3 is 26.6 Å². The molecule has 0 radical (unpaired) electrons. The molecular formula is C41H67N7O5. The van der Waals surface area contributed by atoms with Crippen molar-refractivity contribution in [1.82, 2.24) is 30.7 Å². The van der Waals surface area contributed by atoms with Crippen LogP contribution in [0, 0.1) is 27.6 Å². The number of likely N-dealkylation sites (tertiary alicyclic amines) is 1. The number of primary amides is 1. The van der Waals surface area contributed by atoms with E-state index in [9.17, 15) is 24.0 Å². The molecule has 296 valence electrons. The monoisotopic (exact) mass is 738 g/mol. The largest absolute Gasteiger partial charge is 0.363 e. The molecule has 5 aliphatic carbocycles. The van der Waals surface area contributed by atoms with Gasteiger partial charge in [-0.15, -0.1) is 0 Å². The van der Waals surface area contributed by atoms with Crippen molar-refractivity contribution in [3.63, 3.8) is 0 Å². The summed E-state index contributed by atoms with van der Waals surface area (Å²) in [5.74, 6) is -2.27. The van der Waals surface area contributed by atoms with Gasteiger partial charge in [-0.2, -0.15) is 0 Å². The molecule has 12 nitrogen and oxygen atoms in total. The summed E-state index contributed by atoms with van der Waals surface area (Å²) in [5, 5.41) is 9.51. The lowest BCUT2D eigenvalue weighted by Crippen LogP contribution is -2.65. The number of nitrogens with zero attached hydrogens (tertiary/aromatic N) is 3. The number of carbonyl (C=O) groups excluding carboxylic acids is 5. The van der Waals surface area contributed by atoms with Gasteiger partial charge in [0, 0.05) is 43.7 Å². The van der Waals surface area contributed by atoms with Crippen molar-refractivity contribution in [3.8, 4) is 0 Å². The number of hydrogen-bond acceptors (Lipinski definition) is 7. The highest BCUT2D eigenvalue weighted by Crippen LogP contribution is 2.88. The smallest absolute Gasteiger partial charge is 0.315 e. The lowest BCUT2D eigenvalue weighted by molar-refractivity contribution is -0.143. The highest BCUT2D eigenvalue weighted by molar-refractivity contribution is 6.37. The summed E-state index contributed by atoms with van der Waals surface area (Å²) in [6.45, 7) is 14.7. The number of amides is 5. The number of likely N-dealkylation sites (N-methyl/N-ethyl adjacent to an activating group) is 1. The van der Waals surface area contributed by atoms with Gasteiger partial charge >= 0.3 is 6.03 Å². The lowest BCUT2D eigenvalue weighted by atomic mass is 9.73. The third-order valence-corrected chi connectivity index (χ3v) is 16.1. The van der Waals surface area contributed by atoms with Crippen molar-refractivity contribution in [2.75, 3.05) is 39.8 Å². The van der Waals surface area contributed by atoms with Crippen molar-refractivity contribution < 1.29 is 24.0 Å². The zero-order valence-electron chi connectivity index (χ0n) is 33.4. The van der Waals surface area contributed by atoms with Crippen molar-refractivity contribution in [2.24, 2.45) is 33.3 Å². The summed E-state index contributed by atoms with van der Waals surface area (Å²) < 4.78 is 0. The number of rotatable bonds is 11. The minimum atomic E-state index is -1.05. The number of nitrogens with two attached hydrogens (primary N) is 1. The fourth-order valence-electron chi connectivity index (χ4n) is 12.0. The Morgan fingerprint density at radius 1 is 0.830 bits per heavy atom. The normalized spacial score (nSPS) is 30.9. The van der Waals surface area contributed by atoms with E-state index in [1.165, 1.54) is 12.8 Å². The van der Waals surface area contributed by atoms with Gasteiger partial charge in [0.1, 0.15) is 12.1 Å². The van der Waals surface area contributed by atoms with Crippen LogP contribution >= 0.6 is 0 Å². The summed E-state index contributed by atoms with van der Waals surface area (Å²) in [7, 11) is 2.23. The first-order valence-corrected chi connectivity index (χ1v) is 20.9. The predicted molar refractivity (Wildman–Crippen MR) is 202 cm³/mol. The molecule has 7 aliphatic rings. The first-order valence-electron chi connectivity index (χ1n) is 20.9. The van der Waals surface area contributed by atoms with Crippen LogP contribution in [0.5, 0.6) is 0 Å². The van der Waals surface area contributed by atoms with E-state index < -0.39 is 41.1 Å². The van der Waals surface area contributed by atoms with Crippen molar-refractivity contribution in [1.29, 1.82) is 0 Å². The molecule has 3 spiro atoms. The molecule has 2 unspecified atom stereocenters. The molecular weight excluding hydrogens is 670 g/mol. The maximum Gasteiger partial charge on any atom is 0.315 e. The first kappa shape index (κ1) is 38.5. The van der Waals surface area contributed by atoms with Crippen LogP contribution in [0.4, 0.5) is 4.79 Å². The van der Waals surface area contributed by atoms with E-state index in [2.05, 4.69) is 46.6 Å². The molecule has 4 atom stereocenters. The Balaban J connectivity index is 1.11. The standard InChI is InChI=1S/C41H67N7O5/c1-36(2,3)31(44-35(53)45-38(14-8-7-9-15-38)24-47-21-20-46(6)39(25-47)18-19-39)34(52)48-26-41(37(4,5)40(41)16-11-17-40)23-29(48)33(51)43-28(30(49)32(42)50)22-27-12-10-13-27/h27-29,31H,7-26H2,1-6H3,(H2,42,50)(H,43,51)(H2,44,45,53)/t28?,29-,31?,41+/m0/s1. The van der Waals surface area contributed by atoms with Crippen LogP contribution < -0.4 is 21.7 Å².